The predicted molar refractivity (Wildman–Crippen MR) is 112 cm³/mol. The molecule has 0 saturated heterocycles. The number of aromatic nitrogens is 3. The fraction of sp³-hybridized carbons (Fsp3) is 0.300. The quantitative estimate of drug-likeness (QED) is 0.524. The van der Waals surface area contributed by atoms with Crippen LogP contribution in [0.15, 0.2) is 35.7 Å². The minimum atomic E-state index is -0.233. The zero-order valence-corrected chi connectivity index (χ0v) is 17.1. The van der Waals surface area contributed by atoms with Gasteiger partial charge in [0.15, 0.2) is 17.4 Å². The van der Waals surface area contributed by atoms with Crippen LogP contribution in [-0.4, -0.2) is 51.6 Å². The lowest BCUT2D eigenvalue weighted by molar-refractivity contribution is -0.134. The Morgan fingerprint density at radius 2 is 2.13 bits per heavy atom. The van der Waals surface area contributed by atoms with Crippen molar-refractivity contribution in [1.82, 2.24) is 25.4 Å². The lowest BCUT2D eigenvalue weighted by Gasteiger charge is -2.26. The highest BCUT2D eigenvalue weighted by atomic mass is 32.1. The molecule has 2 amide bonds. The Hall–Kier alpha value is -3.40. The topological polar surface area (TPSA) is 126 Å². The van der Waals surface area contributed by atoms with Gasteiger partial charge in [0.2, 0.25) is 0 Å². The molecule has 0 bridgehead atoms. The normalized spacial score (nSPS) is 13.0. The Bertz CT molecular complexity index is 1030. The van der Waals surface area contributed by atoms with Crippen LogP contribution < -0.4 is 15.8 Å². The lowest BCUT2D eigenvalue weighted by Crippen LogP contribution is -2.39. The SMILES string of the molecule is Nc1nc(CCNC(=O)c2n[nH]c3c2CCN(C(=O)COc2ccccc2)C3)cs1. The van der Waals surface area contributed by atoms with Gasteiger partial charge in [-0.05, 0) is 18.6 Å². The average Bonchev–Trinajstić information content (AvgIpc) is 3.38. The number of aromatic amines is 1. The summed E-state index contributed by atoms with van der Waals surface area (Å²) in [6.45, 7) is 1.32. The minimum absolute atomic E-state index is 0.0258. The van der Waals surface area contributed by atoms with Crippen LogP contribution >= 0.6 is 11.3 Å². The van der Waals surface area contributed by atoms with Crippen molar-refractivity contribution in [2.75, 3.05) is 25.4 Å². The van der Waals surface area contributed by atoms with E-state index in [1.54, 1.807) is 4.90 Å². The standard InChI is InChI=1S/C20H22N6O3S/c21-20-23-13(12-30-20)6-8-22-19(28)18-15-7-9-26(10-16(15)24-25-18)17(27)11-29-14-4-2-1-3-5-14/h1-5,12H,6-11H2,(H2,21,23)(H,22,28)(H,24,25). The van der Waals surface area contributed by atoms with Crippen LogP contribution in [0.5, 0.6) is 5.75 Å². The number of nitrogens with one attached hydrogen (secondary N) is 2. The molecule has 3 heterocycles. The molecule has 4 N–H and O–H groups in total. The third kappa shape index (κ3) is 4.60. The zero-order chi connectivity index (χ0) is 20.9. The van der Waals surface area contributed by atoms with E-state index in [1.807, 2.05) is 35.7 Å². The largest absolute Gasteiger partial charge is 0.484 e. The number of para-hydroxylation sites is 1. The number of benzene rings is 1. The van der Waals surface area contributed by atoms with Crippen molar-refractivity contribution in [3.05, 3.63) is 58.4 Å². The summed E-state index contributed by atoms with van der Waals surface area (Å²) in [6, 6.07) is 9.23. The molecule has 1 aliphatic rings. The van der Waals surface area contributed by atoms with E-state index in [4.69, 9.17) is 10.5 Å². The molecule has 0 atom stereocenters. The number of fused-ring (bicyclic) bond motifs is 1. The van der Waals surface area contributed by atoms with E-state index >= 15 is 0 Å². The molecule has 1 aliphatic heterocycles. The van der Waals surface area contributed by atoms with E-state index in [-0.39, 0.29) is 18.4 Å². The summed E-state index contributed by atoms with van der Waals surface area (Å²) in [5.41, 5.74) is 8.50. The lowest BCUT2D eigenvalue weighted by atomic mass is 10.0. The van der Waals surface area contributed by atoms with Crippen molar-refractivity contribution in [3.8, 4) is 5.75 Å². The first-order valence-corrected chi connectivity index (χ1v) is 10.5. The molecule has 10 heteroatoms. The van der Waals surface area contributed by atoms with Crippen LogP contribution in [-0.2, 0) is 24.2 Å². The third-order valence-electron chi connectivity index (χ3n) is 4.84. The monoisotopic (exact) mass is 426 g/mol. The predicted octanol–water partition coefficient (Wildman–Crippen LogP) is 1.38. The van der Waals surface area contributed by atoms with Gasteiger partial charge < -0.3 is 20.7 Å². The van der Waals surface area contributed by atoms with Gasteiger partial charge in [-0.1, -0.05) is 18.2 Å². The number of ether oxygens (including phenoxy) is 1. The molecular formula is C20H22N6O3S. The maximum atomic E-state index is 12.5. The van der Waals surface area contributed by atoms with E-state index in [0.717, 1.165) is 17.0 Å². The van der Waals surface area contributed by atoms with Crippen LogP contribution in [0.1, 0.15) is 27.4 Å². The summed E-state index contributed by atoms with van der Waals surface area (Å²) in [5, 5.41) is 12.3. The fourth-order valence-corrected chi connectivity index (χ4v) is 3.89. The van der Waals surface area contributed by atoms with Gasteiger partial charge in [0.25, 0.3) is 11.8 Å². The number of nitrogens with two attached hydrogens (primary N) is 1. The van der Waals surface area contributed by atoms with Crippen LogP contribution in [0.2, 0.25) is 0 Å². The molecule has 0 saturated carbocycles. The highest BCUT2D eigenvalue weighted by Crippen LogP contribution is 2.21. The molecule has 0 radical (unpaired) electrons. The number of hydrogen-bond donors (Lipinski definition) is 3. The van der Waals surface area contributed by atoms with Gasteiger partial charge in [0.05, 0.1) is 17.9 Å². The third-order valence-corrected chi connectivity index (χ3v) is 5.57. The van der Waals surface area contributed by atoms with Crippen LogP contribution in [0.4, 0.5) is 5.13 Å². The van der Waals surface area contributed by atoms with Gasteiger partial charge >= 0.3 is 0 Å². The van der Waals surface area contributed by atoms with Gasteiger partial charge in [-0.15, -0.1) is 11.3 Å². The number of H-pyrrole nitrogens is 1. The van der Waals surface area contributed by atoms with E-state index in [1.165, 1.54) is 11.3 Å². The first-order valence-electron chi connectivity index (χ1n) is 9.60. The van der Waals surface area contributed by atoms with Crippen LogP contribution in [0, 0.1) is 0 Å². The molecular weight excluding hydrogens is 404 g/mol. The first kappa shape index (κ1) is 19.9. The molecule has 0 aliphatic carbocycles. The second-order valence-electron chi connectivity index (χ2n) is 6.88. The molecule has 9 nitrogen and oxygen atoms in total. The molecule has 30 heavy (non-hydrogen) atoms. The number of thiazole rings is 1. The number of anilines is 1. The number of rotatable bonds is 7. The number of hydrogen-bond acceptors (Lipinski definition) is 7. The maximum absolute atomic E-state index is 12.5. The van der Waals surface area contributed by atoms with Crippen molar-refractivity contribution >= 4 is 28.3 Å². The Balaban J connectivity index is 1.30. The summed E-state index contributed by atoms with van der Waals surface area (Å²) in [4.78, 5) is 30.9. The second-order valence-corrected chi connectivity index (χ2v) is 7.77. The highest BCUT2D eigenvalue weighted by molar-refractivity contribution is 7.13. The summed E-state index contributed by atoms with van der Waals surface area (Å²) in [6.07, 6.45) is 1.17. The molecule has 0 unspecified atom stereocenters. The molecule has 2 aromatic heterocycles. The van der Waals surface area contributed by atoms with E-state index < -0.39 is 0 Å². The van der Waals surface area contributed by atoms with Crippen molar-refractivity contribution in [2.45, 2.75) is 19.4 Å². The highest BCUT2D eigenvalue weighted by Gasteiger charge is 2.27. The van der Waals surface area contributed by atoms with Gasteiger partial charge in [-0.25, -0.2) is 4.98 Å². The fourth-order valence-electron chi connectivity index (χ4n) is 3.30. The molecule has 3 aromatic rings. The molecule has 0 spiro atoms. The van der Waals surface area contributed by atoms with Gasteiger partial charge in [0.1, 0.15) is 5.75 Å². The Morgan fingerprint density at radius 1 is 1.30 bits per heavy atom. The summed E-state index contributed by atoms with van der Waals surface area (Å²) >= 11 is 1.38. The molecule has 156 valence electrons. The number of nitrogen functional groups attached to an aromatic ring is 1. The number of carbonyl (C=O) groups excluding carboxylic acids is 2. The first-order chi connectivity index (χ1) is 14.6. The van der Waals surface area contributed by atoms with Crippen LogP contribution in [0.25, 0.3) is 0 Å². The molecule has 1 aromatic carbocycles. The van der Waals surface area contributed by atoms with E-state index in [2.05, 4.69) is 20.5 Å². The number of amides is 2. The maximum Gasteiger partial charge on any atom is 0.272 e. The van der Waals surface area contributed by atoms with Gasteiger partial charge in [-0.2, -0.15) is 5.10 Å². The van der Waals surface area contributed by atoms with Gasteiger partial charge in [0, 0.05) is 30.5 Å². The Labute approximate surface area is 177 Å². The number of carbonyl (C=O) groups is 2. The van der Waals surface area contributed by atoms with Crippen LogP contribution in [0.3, 0.4) is 0 Å². The summed E-state index contributed by atoms with van der Waals surface area (Å²) in [7, 11) is 0. The zero-order valence-electron chi connectivity index (χ0n) is 16.3. The van der Waals surface area contributed by atoms with Crippen molar-refractivity contribution in [3.63, 3.8) is 0 Å². The molecule has 0 fully saturated rings. The second kappa shape index (κ2) is 8.95. The van der Waals surface area contributed by atoms with E-state index in [9.17, 15) is 9.59 Å². The van der Waals surface area contributed by atoms with E-state index in [0.29, 0.717) is 49.1 Å². The van der Waals surface area contributed by atoms with Crippen molar-refractivity contribution < 1.29 is 14.3 Å². The van der Waals surface area contributed by atoms with Gasteiger partial charge in [-0.3, -0.25) is 14.7 Å². The Morgan fingerprint density at radius 3 is 2.90 bits per heavy atom. The average molecular weight is 427 g/mol. The van der Waals surface area contributed by atoms with Crippen molar-refractivity contribution in [1.29, 1.82) is 0 Å². The Kier molecular flexibility index (Phi) is 5.94. The summed E-state index contributed by atoms with van der Waals surface area (Å²) in [5.74, 6) is 0.319. The minimum Gasteiger partial charge on any atom is -0.484 e. The number of nitrogens with zero attached hydrogens (tertiary/aromatic N) is 3. The smallest absolute Gasteiger partial charge is 0.272 e. The molecule has 4 rings (SSSR count). The van der Waals surface area contributed by atoms with Crippen molar-refractivity contribution in [2.24, 2.45) is 0 Å². The summed E-state index contributed by atoms with van der Waals surface area (Å²) < 4.78 is 5.54.